The Morgan fingerprint density at radius 2 is 2.03 bits per heavy atom. The van der Waals surface area contributed by atoms with E-state index in [4.69, 9.17) is 10.5 Å². The molecule has 0 saturated carbocycles. The molecule has 1 aliphatic rings. The topological polar surface area (TPSA) is 104 Å². The molecule has 0 saturated heterocycles. The molecule has 12 heteroatoms. The van der Waals surface area contributed by atoms with Gasteiger partial charge in [0.05, 0.1) is 48.1 Å². The number of aryl methyl sites for hydroxylation is 1. The number of amides is 1. The number of nitrogens with two attached hydrogens (primary N) is 1. The van der Waals surface area contributed by atoms with Gasteiger partial charge < -0.3 is 15.4 Å². The molecule has 1 aliphatic heterocycles. The van der Waals surface area contributed by atoms with Crippen LogP contribution in [0.25, 0.3) is 27.5 Å². The zero-order valence-electron chi connectivity index (χ0n) is 19.2. The molecule has 6 rings (SSSR count). The first-order valence-electron chi connectivity index (χ1n) is 11.1. The summed E-state index contributed by atoms with van der Waals surface area (Å²) in [5.41, 5.74) is 8.42. The fourth-order valence-corrected chi connectivity index (χ4v) is 4.91. The number of anilines is 1. The third-order valence-corrected chi connectivity index (χ3v) is 6.73. The Bertz CT molecular complexity index is 1690. The number of carbonyl (C=O) groups excluding carboxylic acids is 1. The van der Waals surface area contributed by atoms with Crippen LogP contribution in [0.15, 0.2) is 42.9 Å². The minimum Gasteiger partial charge on any atom is -0.383 e. The molecular formula is C24H20F3N7O2. The van der Waals surface area contributed by atoms with Gasteiger partial charge in [0.2, 0.25) is 0 Å². The molecule has 2 N–H and O–H groups in total. The van der Waals surface area contributed by atoms with Gasteiger partial charge in [-0.05, 0) is 29.8 Å². The van der Waals surface area contributed by atoms with Crippen LogP contribution in [-0.4, -0.2) is 48.6 Å². The fourth-order valence-electron chi connectivity index (χ4n) is 4.91. The normalized spacial score (nSPS) is 16.1. The number of aromatic nitrogens is 5. The van der Waals surface area contributed by atoms with Gasteiger partial charge in [0.25, 0.3) is 5.91 Å². The van der Waals surface area contributed by atoms with E-state index >= 15 is 0 Å². The molecule has 184 valence electrons. The number of imidazole rings is 1. The van der Waals surface area contributed by atoms with Crippen LogP contribution in [0.2, 0.25) is 0 Å². The Hall–Kier alpha value is -4.19. The van der Waals surface area contributed by atoms with Gasteiger partial charge in [-0.3, -0.25) is 13.9 Å². The van der Waals surface area contributed by atoms with E-state index < -0.39 is 17.9 Å². The summed E-state index contributed by atoms with van der Waals surface area (Å²) in [5.74, 6) is 0.0847. The van der Waals surface area contributed by atoms with Gasteiger partial charge in [-0.25, -0.2) is 9.97 Å². The summed E-state index contributed by atoms with van der Waals surface area (Å²) in [5, 5.41) is 5.69. The van der Waals surface area contributed by atoms with Crippen LogP contribution in [0.1, 0.15) is 33.2 Å². The molecule has 5 heterocycles. The Labute approximate surface area is 201 Å². The second-order valence-electron chi connectivity index (χ2n) is 8.79. The van der Waals surface area contributed by atoms with Crippen LogP contribution in [-0.2, 0) is 24.6 Å². The van der Waals surface area contributed by atoms with Crippen LogP contribution in [0, 0.1) is 0 Å². The van der Waals surface area contributed by atoms with E-state index in [1.807, 2.05) is 0 Å². The number of nitrogen functional groups attached to an aromatic ring is 1. The van der Waals surface area contributed by atoms with E-state index in [1.165, 1.54) is 11.1 Å². The van der Waals surface area contributed by atoms with Crippen molar-refractivity contribution < 1.29 is 22.7 Å². The monoisotopic (exact) mass is 495 g/mol. The lowest BCUT2D eigenvalue weighted by molar-refractivity contribution is -0.141. The van der Waals surface area contributed by atoms with Crippen molar-refractivity contribution in [1.29, 1.82) is 0 Å². The van der Waals surface area contributed by atoms with Gasteiger partial charge >= 0.3 is 6.18 Å². The molecule has 0 bridgehead atoms. The van der Waals surface area contributed by atoms with E-state index in [2.05, 4.69) is 15.1 Å². The molecule has 9 nitrogen and oxygen atoms in total. The maximum Gasteiger partial charge on any atom is 0.433 e. The predicted octanol–water partition coefficient (Wildman–Crippen LogP) is 3.71. The minimum atomic E-state index is -4.54. The first-order valence-corrected chi connectivity index (χ1v) is 11.1. The fraction of sp³-hybridized carbons (Fsp3) is 0.250. The van der Waals surface area contributed by atoms with E-state index in [0.717, 1.165) is 21.5 Å². The molecular weight excluding hydrogens is 475 g/mol. The molecule has 0 aliphatic carbocycles. The summed E-state index contributed by atoms with van der Waals surface area (Å²) in [6.07, 6.45) is -0.756. The lowest BCUT2D eigenvalue weighted by Crippen LogP contribution is -2.36. The first kappa shape index (κ1) is 22.3. The molecule has 0 radical (unpaired) electrons. The summed E-state index contributed by atoms with van der Waals surface area (Å²) < 4.78 is 48.5. The molecule has 5 aromatic rings. The highest BCUT2D eigenvalue weighted by atomic mass is 19.4. The summed E-state index contributed by atoms with van der Waals surface area (Å²) >= 11 is 0. The maximum atomic E-state index is 13.6. The van der Waals surface area contributed by atoms with Gasteiger partial charge in [-0.15, -0.1) is 0 Å². The average Bonchev–Trinajstić information content (AvgIpc) is 3.47. The molecule has 36 heavy (non-hydrogen) atoms. The smallest absolute Gasteiger partial charge is 0.383 e. The van der Waals surface area contributed by atoms with Crippen molar-refractivity contribution in [2.24, 2.45) is 7.05 Å². The quantitative estimate of drug-likeness (QED) is 0.401. The molecule has 1 aromatic carbocycles. The molecule has 0 spiro atoms. The average molecular weight is 495 g/mol. The Morgan fingerprint density at radius 3 is 2.81 bits per heavy atom. The van der Waals surface area contributed by atoms with Crippen molar-refractivity contribution in [2.45, 2.75) is 18.8 Å². The first-order chi connectivity index (χ1) is 17.1. The van der Waals surface area contributed by atoms with Crippen molar-refractivity contribution in [1.82, 2.24) is 29.0 Å². The number of fused-ring (bicyclic) bond motifs is 6. The van der Waals surface area contributed by atoms with Gasteiger partial charge in [0, 0.05) is 36.8 Å². The van der Waals surface area contributed by atoms with E-state index in [0.29, 0.717) is 33.4 Å². The Morgan fingerprint density at radius 1 is 1.22 bits per heavy atom. The van der Waals surface area contributed by atoms with Crippen molar-refractivity contribution in [3.63, 3.8) is 0 Å². The number of pyridine rings is 2. The summed E-state index contributed by atoms with van der Waals surface area (Å²) in [6, 6.07) is 6.25. The van der Waals surface area contributed by atoms with Crippen LogP contribution in [0.3, 0.4) is 0 Å². The number of rotatable bonds is 2. The third kappa shape index (κ3) is 3.21. The molecule has 1 amide bonds. The lowest BCUT2D eigenvalue weighted by atomic mass is 9.98. The number of alkyl halides is 3. The number of carbonyl (C=O) groups is 1. The SMILES string of the molecule is CN(C(=O)c1ccc2nc(N)c3cnn(C)c3c2c1)C1COCc2c1ccn1c(C(F)(F)F)cnc21. The predicted molar refractivity (Wildman–Crippen MR) is 125 cm³/mol. The number of halogens is 3. The number of nitrogens with zero attached hydrogens (tertiary/aromatic N) is 6. The van der Waals surface area contributed by atoms with Crippen LogP contribution < -0.4 is 5.73 Å². The second kappa shape index (κ2) is 7.65. The minimum absolute atomic E-state index is 0.105. The highest BCUT2D eigenvalue weighted by Crippen LogP contribution is 2.36. The summed E-state index contributed by atoms with van der Waals surface area (Å²) in [7, 11) is 3.44. The number of benzene rings is 1. The maximum absolute atomic E-state index is 13.6. The zero-order valence-corrected chi connectivity index (χ0v) is 19.2. The summed E-state index contributed by atoms with van der Waals surface area (Å²) in [6.45, 7) is 0.309. The number of likely N-dealkylation sites (N-methyl/N-ethyl adjacent to an activating group) is 1. The highest BCUT2D eigenvalue weighted by Gasteiger charge is 2.36. The molecule has 4 aromatic heterocycles. The van der Waals surface area contributed by atoms with Gasteiger partial charge in [0.1, 0.15) is 17.2 Å². The number of hydrogen-bond acceptors (Lipinski definition) is 6. The lowest BCUT2D eigenvalue weighted by Gasteiger charge is -2.33. The highest BCUT2D eigenvalue weighted by molar-refractivity contribution is 6.10. The largest absolute Gasteiger partial charge is 0.433 e. The molecule has 1 atom stereocenters. The van der Waals surface area contributed by atoms with Gasteiger partial charge in [0.15, 0.2) is 0 Å². The van der Waals surface area contributed by atoms with E-state index in [9.17, 15) is 18.0 Å². The van der Waals surface area contributed by atoms with Crippen molar-refractivity contribution in [3.8, 4) is 0 Å². The number of ether oxygens (including phenoxy) is 1. The Balaban J connectivity index is 1.40. The van der Waals surface area contributed by atoms with E-state index in [-0.39, 0.29) is 24.8 Å². The van der Waals surface area contributed by atoms with Crippen LogP contribution in [0.5, 0.6) is 0 Å². The molecule has 0 fully saturated rings. The second-order valence-corrected chi connectivity index (χ2v) is 8.79. The van der Waals surface area contributed by atoms with Crippen molar-refractivity contribution >= 4 is 39.2 Å². The third-order valence-electron chi connectivity index (χ3n) is 6.73. The van der Waals surface area contributed by atoms with Crippen molar-refractivity contribution in [3.05, 3.63) is 65.2 Å². The van der Waals surface area contributed by atoms with Crippen molar-refractivity contribution in [2.75, 3.05) is 19.4 Å². The summed E-state index contributed by atoms with van der Waals surface area (Å²) in [4.78, 5) is 23.5. The van der Waals surface area contributed by atoms with E-state index in [1.54, 1.807) is 49.2 Å². The Kier molecular flexibility index (Phi) is 4.74. The molecule has 1 unspecified atom stereocenters. The zero-order chi connectivity index (χ0) is 25.4. The standard InChI is InChI=1S/C24H20F3N7O2/c1-32(18-11-36-10-16-13(18)5-6-34-19(24(25,26)27)9-29-22(16)34)23(35)12-3-4-17-14(7-12)20-15(21(28)31-17)8-30-33(20)2/h3-9,18H,10-11H2,1-2H3,(H2,28,31). The number of hydrogen-bond donors (Lipinski definition) is 1. The van der Waals surface area contributed by atoms with Gasteiger partial charge in [-0.1, -0.05) is 0 Å². The van der Waals surface area contributed by atoms with Crippen LogP contribution in [0.4, 0.5) is 19.0 Å². The van der Waals surface area contributed by atoms with Crippen LogP contribution >= 0.6 is 0 Å². The van der Waals surface area contributed by atoms with Gasteiger partial charge in [-0.2, -0.15) is 18.3 Å².